The number of rotatable bonds is 1. The quantitative estimate of drug-likeness (QED) is 0.828. The van der Waals surface area contributed by atoms with Crippen molar-refractivity contribution in [3.8, 4) is 22.9 Å². The maximum atomic E-state index is 9.22. The molecular formula is C22H21N3O3. The van der Waals surface area contributed by atoms with Crippen LogP contribution in [0.1, 0.15) is 24.5 Å². The van der Waals surface area contributed by atoms with Crippen molar-refractivity contribution in [3.05, 3.63) is 53.6 Å². The average molecular weight is 375 g/mol. The minimum Gasteiger partial charge on any atom is -0.487 e. The Hall–Kier alpha value is -3.04. The Morgan fingerprint density at radius 3 is 2.86 bits per heavy atom. The van der Waals surface area contributed by atoms with Crippen LogP contribution in [0.2, 0.25) is 0 Å². The van der Waals surface area contributed by atoms with E-state index in [0.717, 1.165) is 28.9 Å². The van der Waals surface area contributed by atoms with Crippen LogP contribution in [0.5, 0.6) is 5.75 Å². The first kappa shape index (κ1) is 17.1. The van der Waals surface area contributed by atoms with E-state index in [-0.39, 0.29) is 17.5 Å². The van der Waals surface area contributed by atoms with Gasteiger partial charge in [-0.15, -0.1) is 0 Å². The van der Waals surface area contributed by atoms with E-state index in [0.29, 0.717) is 25.4 Å². The first-order valence-corrected chi connectivity index (χ1v) is 9.44. The van der Waals surface area contributed by atoms with Gasteiger partial charge in [0.15, 0.2) is 0 Å². The molecule has 5 rings (SSSR count). The van der Waals surface area contributed by atoms with E-state index in [1.807, 2.05) is 30.3 Å². The van der Waals surface area contributed by atoms with Gasteiger partial charge < -0.3 is 19.9 Å². The molecule has 6 heteroatoms. The summed E-state index contributed by atoms with van der Waals surface area (Å²) < 4.78 is 17.9. The number of hydrogen-bond donors (Lipinski definition) is 1. The van der Waals surface area contributed by atoms with Crippen molar-refractivity contribution >= 4 is 6.02 Å². The number of nitrogens with two attached hydrogens (primary N) is 1. The van der Waals surface area contributed by atoms with Gasteiger partial charge in [-0.05, 0) is 42.3 Å². The van der Waals surface area contributed by atoms with Gasteiger partial charge in [0.2, 0.25) is 0 Å². The normalized spacial score (nSPS) is 30.4. The first-order chi connectivity index (χ1) is 13.5. The summed E-state index contributed by atoms with van der Waals surface area (Å²) in [5.41, 5.74) is 8.50. The van der Waals surface area contributed by atoms with E-state index in [1.54, 1.807) is 6.07 Å². The van der Waals surface area contributed by atoms with Crippen molar-refractivity contribution in [2.75, 3.05) is 19.8 Å². The van der Waals surface area contributed by atoms with Crippen LogP contribution in [0.3, 0.4) is 0 Å². The predicted octanol–water partition coefficient (Wildman–Crippen LogP) is 2.95. The second kappa shape index (κ2) is 5.98. The third-order valence-electron chi connectivity index (χ3n) is 6.20. The molecule has 0 radical (unpaired) electrons. The minimum absolute atomic E-state index is 0.00277. The summed E-state index contributed by atoms with van der Waals surface area (Å²) in [7, 11) is 0. The molecule has 1 unspecified atom stereocenters. The fourth-order valence-electron chi connectivity index (χ4n) is 4.70. The molecule has 0 amide bonds. The average Bonchev–Trinajstić information content (AvgIpc) is 3.10. The van der Waals surface area contributed by atoms with Crippen LogP contribution in [0.15, 0.2) is 47.5 Å². The number of nitriles is 1. The maximum Gasteiger partial charge on any atom is 0.283 e. The van der Waals surface area contributed by atoms with Crippen LogP contribution in [0.25, 0.3) is 11.1 Å². The Bertz CT molecular complexity index is 1030. The lowest BCUT2D eigenvalue weighted by Crippen LogP contribution is -2.59. The van der Waals surface area contributed by atoms with Gasteiger partial charge in [0.1, 0.15) is 23.5 Å². The molecule has 142 valence electrons. The molecule has 1 saturated heterocycles. The summed E-state index contributed by atoms with van der Waals surface area (Å²) in [6.07, 6.45) is 0.792. The van der Waals surface area contributed by atoms with Crippen LogP contribution in [0, 0.1) is 17.2 Å². The molecule has 3 heterocycles. The first-order valence-electron chi connectivity index (χ1n) is 9.44. The van der Waals surface area contributed by atoms with Crippen molar-refractivity contribution in [1.29, 1.82) is 5.26 Å². The third-order valence-corrected chi connectivity index (χ3v) is 6.20. The lowest BCUT2D eigenvalue weighted by molar-refractivity contribution is -0.129. The van der Waals surface area contributed by atoms with Crippen LogP contribution in [0.4, 0.5) is 0 Å². The molecule has 2 aromatic rings. The SMILES string of the molecule is CC12CCOC[C@H]1[C@]1(COC(N)=N1)c1cc(-c3cccc(C#N)c3)ccc1O2. The number of aliphatic imine (C=N–C) groups is 1. The van der Waals surface area contributed by atoms with Crippen molar-refractivity contribution in [2.24, 2.45) is 16.6 Å². The molecule has 0 aliphatic carbocycles. The van der Waals surface area contributed by atoms with Gasteiger partial charge in [0.25, 0.3) is 6.02 Å². The van der Waals surface area contributed by atoms with Gasteiger partial charge in [-0.1, -0.05) is 18.2 Å². The number of hydrogen-bond acceptors (Lipinski definition) is 6. The van der Waals surface area contributed by atoms with Crippen LogP contribution < -0.4 is 10.5 Å². The van der Waals surface area contributed by atoms with Crippen LogP contribution in [-0.2, 0) is 15.0 Å². The zero-order valence-corrected chi connectivity index (χ0v) is 15.6. The molecular weight excluding hydrogens is 354 g/mol. The van der Waals surface area contributed by atoms with Crippen LogP contribution >= 0.6 is 0 Å². The van der Waals surface area contributed by atoms with E-state index in [9.17, 15) is 5.26 Å². The summed E-state index contributed by atoms with van der Waals surface area (Å²) in [4.78, 5) is 4.78. The lowest BCUT2D eigenvalue weighted by Gasteiger charge is -2.52. The molecule has 1 spiro atoms. The molecule has 6 nitrogen and oxygen atoms in total. The largest absolute Gasteiger partial charge is 0.487 e. The van der Waals surface area contributed by atoms with E-state index < -0.39 is 5.54 Å². The highest BCUT2D eigenvalue weighted by Gasteiger charge is 2.59. The molecule has 3 aliphatic rings. The highest BCUT2D eigenvalue weighted by molar-refractivity contribution is 5.76. The van der Waals surface area contributed by atoms with E-state index in [4.69, 9.17) is 24.9 Å². The molecule has 28 heavy (non-hydrogen) atoms. The van der Waals surface area contributed by atoms with Gasteiger partial charge in [0, 0.05) is 12.0 Å². The molecule has 0 saturated carbocycles. The summed E-state index contributed by atoms with van der Waals surface area (Å²) >= 11 is 0. The Labute approximate surface area is 163 Å². The van der Waals surface area contributed by atoms with E-state index >= 15 is 0 Å². The van der Waals surface area contributed by atoms with E-state index in [1.165, 1.54) is 0 Å². The summed E-state index contributed by atoms with van der Waals surface area (Å²) in [5, 5.41) is 9.22. The van der Waals surface area contributed by atoms with Gasteiger partial charge >= 0.3 is 0 Å². The number of benzene rings is 2. The van der Waals surface area contributed by atoms with Crippen molar-refractivity contribution < 1.29 is 14.2 Å². The number of fused-ring (bicyclic) bond motifs is 4. The molecule has 3 atom stereocenters. The van der Waals surface area contributed by atoms with Gasteiger partial charge in [-0.25, -0.2) is 4.99 Å². The second-order valence-electron chi connectivity index (χ2n) is 7.86. The second-order valence-corrected chi connectivity index (χ2v) is 7.86. The molecule has 0 bridgehead atoms. The molecule has 2 N–H and O–H groups in total. The number of amidine groups is 1. The van der Waals surface area contributed by atoms with Crippen molar-refractivity contribution in [3.63, 3.8) is 0 Å². The lowest BCUT2D eigenvalue weighted by atomic mass is 9.66. The van der Waals surface area contributed by atoms with Gasteiger partial charge in [-0.2, -0.15) is 5.26 Å². The number of ether oxygens (including phenoxy) is 3. The Morgan fingerprint density at radius 2 is 2.07 bits per heavy atom. The summed E-state index contributed by atoms with van der Waals surface area (Å²) in [6, 6.07) is 16.1. The molecule has 3 aliphatic heterocycles. The highest BCUT2D eigenvalue weighted by Crippen LogP contribution is 2.54. The van der Waals surface area contributed by atoms with Gasteiger partial charge in [-0.3, -0.25) is 0 Å². The topological polar surface area (TPSA) is 89.9 Å². The fraction of sp³-hybridized carbons (Fsp3) is 0.364. The standard InChI is InChI=1S/C22H21N3O3/c1-21-7-8-26-12-19(21)22(13-27-20(24)25-22)17-10-16(5-6-18(17)28-21)15-4-2-3-14(9-15)11-23/h2-6,9-10,19H,7-8,12-13H2,1H3,(H2,24,25)/t19-,21?,22+/m1/s1. The molecule has 0 aromatic heterocycles. The molecule has 1 fully saturated rings. The smallest absolute Gasteiger partial charge is 0.283 e. The van der Waals surface area contributed by atoms with Crippen molar-refractivity contribution in [1.82, 2.24) is 0 Å². The number of nitrogens with zero attached hydrogens (tertiary/aromatic N) is 2. The maximum absolute atomic E-state index is 9.22. The highest BCUT2D eigenvalue weighted by atomic mass is 16.5. The van der Waals surface area contributed by atoms with Gasteiger partial charge in [0.05, 0.1) is 30.8 Å². The fourth-order valence-corrected chi connectivity index (χ4v) is 4.70. The summed E-state index contributed by atoms with van der Waals surface area (Å²) in [6.45, 7) is 3.71. The molecule has 2 aromatic carbocycles. The van der Waals surface area contributed by atoms with E-state index in [2.05, 4.69) is 19.1 Å². The third kappa shape index (κ3) is 2.40. The Morgan fingerprint density at radius 1 is 1.21 bits per heavy atom. The minimum atomic E-state index is -0.629. The van der Waals surface area contributed by atoms with Crippen molar-refractivity contribution in [2.45, 2.75) is 24.5 Å². The predicted molar refractivity (Wildman–Crippen MR) is 104 cm³/mol. The van der Waals surface area contributed by atoms with Crippen LogP contribution in [-0.4, -0.2) is 31.4 Å². The Kier molecular flexibility index (Phi) is 3.65. The monoisotopic (exact) mass is 375 g/mol. The zero-order chi connectivity index (χ0) is 19.4. The zero-order valence-electron chi connectivity index (χ0n) is 15.6. The Balaban J connectivity index is 1.69. The summed E-state index contributed by atoms with van der Waals surface area (Å²) in [5.74, 6) is 0.811.